The predicted molar refractivity (Wildman–Crippen MR) is 274 cm³/mol. The van der Waals surface area contributed by atoms with E-state index in [1.807, 2.05) is 40.2 Å². The summed E-state index contributed by atoms with van der Waals surface area (Å²) in [6, 6.07) is 7.15. The van der Waals surface area contributed by atoms with Crippen molar-refractivity contribution >= 4 is 128 Å². The smallest absolute Gasteiger partial charge is 0.135 e. The van der Waals surface area contributed by atoms with Crippen molar-refractivity contribution in [3.8, 4) is 39.4 Å². The lowest BCUT2D eigenvalue weighted by Crippen LogP contribution is -2.37. The number of aryl methyl sites for hydroxylation is 5. The molecule has 6 aromatic heterocycles. The standard InChI is InChI=1S/C30H40Br2N2S4Si.C14H18BrNS2/c1-7-9-11-13-15-20-17-22(35-19(20)3)28-33-26(31)24(37-28)25-27(32)34-29(38-25)23-18-21(16-14-12-10-8-2)30(36-23)39(4,5)6;1-3-4-5-6-7-11-8-12(17-10(11)2)14-16-9-13(15)18-14/h17-18H,7-16H2,1-6H3;8-9H,3-7H2,1-2H3. The van der Waals surface area contributed by atoms with Gasteiger partial charge in [-0.3, -0.25) is 0 Å². The van der Waals surface area contributed by atoms with Gasteiger partial charge in [-0.1, -0.05) is 98.2 Å². The Morgan fingerprint density at radius 1 is 0.509 bits per heavy atom. The summed E-state index contributed by atoms with van der Waals surface area (Å²) in [5.41, 5.74) is 4.57. The molecule has 0 saturated heterocycles. The van der Waals surface area contributed by atoms with Crippen LogP contribution in [0.3, 0.4) is 0 Å². The fraction of sp³-hybridized carbons (Fsp3) is 0.523. The van der Waals surface area contributed by atoms with Crippen molar-refractivity contribution in [1.82, 2.24) is 15.0 Å². The molecule has 0 aromatic carbocycles. The Hall–Kier alpha value is -0.353. The van der Waals surface area contributed by atoms with Gasteiger partial charge < -0.3 is 0 Å². The van der Waals surface area contributed by atoms with Crippen LogP contribution >= 0.6 is 116 Å². The van der Waals surface area contributed by atoms with E-state index in [9.17, 15) is 0 Å². The monoisotopic (exact) mass is 1090 g/mol. The molecule has 0 amide bonds. The third-order valence-corrected chi connectivity index (χ3v) is 22.9. The Kier molecular flexibility index (Phi) is 19.4. The molecule has 0 aliphatic heterocycles. The first-order valence-electron chi connectivity index (χ1n) is 20.6. The zero-order chi connectivity index (χ0) is 41.1. The average Bonchev–Trinajstić information content (AvgIpc) is 4.03. The molecule has 0 atom stereocenters. The molecule has 6 heterocycles. The molecule has 6 rings (SSSR count). The van der Waals surface area contributed by atoms with E-state index in [-0.39, 0.29) is 0 Å². The van der Waals surface area contributed by atoms with E-state index >= 15 is 0 Å². The summed E-state index contributed by atoms with van der Waals surface area (Å²) in [5, 5.41) is 3.34. The maximum atomic E-state index is 5.02. The minimum absolute atomic E-state index is 0.916. The first kappa shape index (κ1) is 47.7. The van der Waals surface area contributed by atoms with Crippen LogP contribution in [0.5, 0.6) is 0 Å². The largest absolute Gasteiger partial charge is 0.242 e. The number of rotatable bonds is 20. The van der Waals surface area contributed by atoms with E-state index in [1.165, 1.54) is 137 Å². The number of thiophene rings is 3. The number of halogens is 3. The number of thiazole rings is 3. The van der Waals surface area contributed by atoms with Crippen LogP contribution in [0.2, 0.25) is 19.6 Å². The van der Waals surface area contributed by atoms with E-state index < -0.39 is 8.07 Å². The highest BCUT2D eigenvalue weighted by atomic mass is 79.9. The van der Waals surface area contributed by atoms with Gasteiger partial charge in [-0.15, -0.1) is 68.0 Å². The molecule has 0 saturated carbocycles. The third-order valence-electron chi connectivity index (χ3n) is 9.92. The molecule has 13 heteroatoms. The van der Waals surface area contributed by atoms with E-state index in [2.05, 4.69) is 125 Å². The zero-order valence-electron chi connectivity index (χ0n) is 34.8. The van der Waals surface area contributed by atoms with Crippen molar-refractivity contribution in [3.63, 3.8) is 0 Å². The Morgan fingerprint density at radius 3 is 1.35 bits per heavy atom. The van der Waals surface area contributed by atoms with Crippen LogP contribution in [-0.2, 0) is 19.3 Å². The summed E-state index contributed by atoms with van der Waals surface area (Å²) in [4.78, 5) is 23.5. The predicted octanol–water partition coefficient (Wildman–Crippen LogP) is 18.4. The van der Waals surface area contributed by atoms with Gasteiger partial charge in [0, 0.05) is 9.75 Å². The van der Waals surface area contributed by atoms with Crippen molar-refractivity contribution in [3.05, 3.63) is 63.8 Å². The topological polar surface area (TPSA) is 38.7 Å². The molecule has 0 aliphatic rings. The van der Waals surface area contributed by atoms with Gasteiger partial charge in [-0.25, -0.2) is 15.0 Å². The summed E-state index contributed by atoms with van der Waals surface area (Å²) in [5.74, 6) is 0. The number of nitrogens with zero attached hydrogens (tertiary/aromatic N) is 3. The molecule has 6 aromatic rings. The lowest BCUT2D eigenvalue weighted by Gasteiger charge is -2.16. The Labute approximate surface area is 393 Å². The fourth-order valence-electron chi connectivity index (χ4n) is 6.79. The maximum Gasteiger partial charge on any atom is 0.135 e. The highest BCUT2D eigenvalue weighted by molar-refractivity contribution is 9.11. The van der Waals surface area contributed by atoms with Gasteiger partial charge >= 0.3 is 0 Å². The molecule has 0 fully saturated rings. The lowest BCUT2D eigenvalue weighted by molar-refractivity contribution is 0.666. The second-order valence-electron chi connectivity index (χ2n) is 15.8. The lowest BCUT2D eigenvalue weighted by atomic mass is 10.1. The van der Waals surface area contributed by atoms with Crippen LogP contribution in [-0.4, -0.2) is 23.0 Å². The Balaban J connectivity index is 0.000000287. The number of hydrogen-bond donors (Lipinski definition) is 0. The molecular weight excluding hydrogens is 1030 g/mol. The van der Waals surface area contributed by atoms with Gasteiger partial charge in [0.05, 0.1) is 42.4 Å². The molecule has 57 heavy (non-hydrogen) atoms. The highest BCUT2D eigenvalue weighted by Crippen LogP contribution is 2.48. The minimum atomic E-state index is -1.42. The van der Waals surface area contributed by atoms with E-state index in [0.29, 0.717) is 0 Å². The van der Waals surface area contributed by atoms with Crippen molar-refractivity contribution < 1.29 is 0 Å². The molecule has 0 bridgehead atoms. The van der Waals surface area contributed by atoms with E-state index in [0.717, 1.165) is 32.9 Å². The van der Waals surface area contributed by atoms with Gasteiger partial charge in [-0.05, 0) is 140 Å². The fourth-order valence-corrected chi connectivity index (χ4v) is 17.7. The highest BCUT2D eigenvalue weighted by Gasteiger charge is 2.26. The molecule has 0 aliphatic carbocycles. The molecule has 0 spiro atoms. The van der Waals surface area contributed by atoms with Gasteiger partial charge in [-0.2, -0.15) is 0 Å². The molecule has 310 valence electrons. The summed E-state index contributed by atoms with van der Waals surface area (Å²) >= 11 is 22.1. The maximum absolute atomic E-state index is 5.02. The second-order valence-corrected chi connectivity index (χ2v) is 30.6. The van der Waals surface area contributed by atoms with Crippen LogP contribution in [0.1, 0.15) is 124 Å². The van der Waals surface area contributed by atoms with Crippen LogP contribution in [0.15, 0.2) is 37.4 Å². The summed E-state index contributed by atoms with van der Waals surface area (Å²) in [7, 11) is -1.42. The van der Waals surface area contributed by atoms with Crippen molar-refractivity contribution in [2.75, 3.05) is 0 Å². The third kappa shape index (κ3) is 13.6. The van der Waals surface area contributed by atoms with Crippen molar-refractivity contribution in [2.45, 2.75) is 151 Å². The first-order valence-corrected chi connectivity index (χ1v) is 31.4. The van der Waals surface area contributed by atoms with Crippen molar-refractivity contribution in [2.24, 2.45) is 0 Å². The van der Waals surface area contributed by atoms with Crippen LogP contribution < -0.4 is 4.50 Å². The van der Waals surface area contributed by atoms with Crippen LogP contribution in [0, 0.1) is 13.8 Å². The van der Waals surface area contributed by atoms with Gasteiger partial charge in [0.25, 0.3) is 0 Å². The molecule has 0 N–H and O–H groups in total. The summed E-state index contributed by atoms with van der Waals surface area (Å²) in [6.45, 7) is 18.7. The van der Waals surface area contributed by atoms with Gasteiger partial charge in [0.2, 0.25) is 0 Å². The number of aromatic nitrogens is 3. The Bertz CT molecular complexity index is 2150. The van der Waals surface area contributed by atoms with E-state index in [4.69, 9.17) is 9.97 Å². The summed E-state index contributed by atoms with van der Waals surface area (Å²) in [6.07, 6.45) is 21.2. The molecular formula is C44H58Br3N3S6Si. The van der Waals surface area contributed by atoms with Crippen molar-refractivity contribution in [1.29, 1.82) is 0 Å². The zero-order valence-corrected chi connectivity index (χ0v) is 45.5. The van der Waals surface area contributed by atoms with Gasteiger partial charge in [0.15, 0.2) is 0 Å². The number of hydrogen-bond acceptors (Lipinski definition) is 9. The minimum Gasteiger partial charge on any atom is -0.242 e. The molecule has 3 nitrogen and oxygen atoms in total. The van der Waals surface area contributed by atoms with Gasteiger partial charge in [0.1, 0.15) is 24.2 Å². The second kappa shape index (κ2) is 23.2. The Morgan fingerprint density at radius 2 is 0.930 bits per heavy atom. The number of unbranched alkanes of at least 4 members (excludes halogenated alkanes) is 9. The molecule has 0 unspecified atom stereocenters. The quantitative estimate of drug-likeness (QED) is 0.0565. The molecule has 0 radical (unpaired) electrons. The van der Waals surface area contributed by atoms with E-state index in [1.54, 1.807) is 44.1 Å². The SMILES string of the molecule is CCCCCCc1cc(-c2nc(Br)c(-c3sc(-c4cc(CCCCCC)c([Si](C)(C)C)s4)nc3Br)s2)sc1C.CCCCCCc1cc(-c2ncc(Br)s2)sc1C. The summed E-state index contributed by atoms with van der Waals surface area (Å²) < 4.78 is 4.58. The van der Waals surface area contributed by atoms with Crippen LogP contribution in [0.25, 0.3) is 39.4 Å². The average molecular weight is 1090 g/mol. The van der Waals surface area contributed by atoms with Crippen LogP contribution in [0.4, 0.5) is 0 Å². The first-order chi connectivity index (χ1) is 27.3. The normalized spacial score (nSPS) is 11.8.